The van der Waals surface area contributed by atoms with Crippen molar-refractivity contribution in [1.29, 1.82) is 0 Å². The van der Waals surface area contributed by atoms with Crippen LogP contribution in [-0.2, 0) is 0 Å². The van der Waals surface area contributed by atoms with Crippen molar-refractivity contribution in [3.8, 4) is 22.6 Å². The molecule has 0 aliphatic rings. The van der Waals surface area contributed by atoms with Crippen LogP contribution in [0.1, 0.15) is 11.1 Å². The molecule has 114 valence electrons. The van der Waals surface area contributed by atoms with Crippen LogP contribution in [0.5, 0.6) is 11.5 Å². The van der Waals surface area contributed by atoms with Crippen molar-refractivity contribution in [2.45, 2.75) is 13.8 Å². The van der Waals surface area contributed by atoms with Crippen LogP contribution >= 0.6 is 0 Å². The lowest BCUT2D eigenvalue weighted by molar-refractivity contribution is 0.360. The molecular weight excluding hydrogens is 272 g/mol. The Balaban J connectivity index is 2.43. The van der Waals surface area contributed by atoms with E-state index in [1.54, 1.807) is 12.2 Å². The molecule has 0 atom stereocenters. The molecule has 0 heterocycles. The van der Waals surface area contributed by atoms with E-state index in [1.165, 1.54) is 0 Å². The van der Waals surface area contributed by atoms with Crippen LogP contribution in [0.2, 0.25) is 0 Å². The van der Waals surface area contributed by atoms with Gasteiger partial charge in [0.15, 0.2) is 0 Å². The molecule has 2 rings (SSSR count). The summed E-state index contributed by atoms with van der Waals surface area (Å²) in [5.41, 5.74) is 4.55. The number of hydrogen-bond acceptors (Lipinski definition) is 2. The molecule has 0 amide bonds. The molecule has 0 saturated heterocycles. The Morgan fingerprint density at radius 2 is 1.18 bits per heavy atom. The van der Waals surface area contributed by atoms with Crippen LogP contribution in [0.15, 0.2) is 61.7 Å². The van der Waals surface area contributed by atoms with Gasteiger partial charge in [-0.05, 0) is 48.2 Å². The number of hydrogen-bond donors (Lipinski definition) is 0. The molecule has 0 N–H and O–H groups in total. The molecule has 22 heavy (non-hydrogen) atoms. The summed E-state index contributed by atoms with van der Waals surface area (Å²) in [6.07, 6.45) is 3.50. The molecule has 0 aromatic heterocycles. The Kier molecular flexibility index (Phi) is 5.42. The fourth-order valence-electron chi connectivity index (χ4n) is 2.42. The van der Waals surface area contributed by atoms with E-state index in [2.05, 4.69) is 39.1 Å². The van der Waals surface area contributed by atoms with E-state index in [4.69, 9.17) is 9.47 Å². The van der Waals surface area contributed by atoms with Crippen molar-refractivity contribution in [1.82, 2.24) is 0 Å². The zero-order valence-electron chi connectivity index (χ0n) is 13.3. The van der Waals surface area contributed by atoms with Crippen molar-refractivity contribution in [2.75, 3.05) is 13.2 Å². The van der Waals surface area contributed by atoms with E-state index < -0.39 is 0 Å². The molecule has 0 spiro atoms. The zero-order chi connectivity index (χ0) is 15.9. The third-order valence-electron chi connectivity index (χ3n) is 3.57. The van der Waals surface area contributed by atoms with Crippen LogP contribution in [0.3, 0.4) is 0 Å². The lowest BCUT2D eigenvalue weighted by Crippen LogP contribution is -1.99. The molecule has 0 aliphatic heterocycles. The van der Waals surface area contributed by atoms with Gasteiger partial charge in [0.25, 0.3) is 0 Å². The van der Waals surface area contributed by atoms with E-state index in [0.717, 1.165) is 33.8 Å². The van der Waals surface area contributed by atoms with E-state index in [-0.39, 0.29) is 0 Å². The largest absolute Gasteiger partial charge is 0.489 e. The zero-order valence-corrected chi connectivity index (χ0v) is 13.3. The molecule has 0 fully saturated rings. The first kappa shape index (κ1) is 15.9. The minimum Gasteiger partial charge on any atom is -0.489 e. The van der Waals surface area contributed by atoms with Gasteiger partial charge < -0.3 is 9.47 Å². The minimum absolute atomic E-state index is 0.506. The summed E-state index contributed by atoms with van der Waals surface area (Å²) in [7, 11) is 0. The molecule has 0 unspecified atom stereocenters. The summed E-state index contributed by atoms with van der Waals surface area (Å²) in [4.78, 5) is 0. The fourth-order valence-corrected chi connectivity index (χ4v) is 2.42. The van der Waals surface area contributed by atoms with Crippen LogP contribution in [-0.4, -0.2) is 13.2 Å². The van der Waals surface area contributed by atoms with E-state index >= 15 is 0 Å². The molecule has 2 heteroatoms. The Morgan fingerprint density at radius 3 is 1.55 bits per heavy atom. The van der Waals surface area contributed by atoms with Gasteiger partial charge in [-0.1, -0.05) is 49.6 Å². The van der Waals surface area contributed by atoms with E-state index in [1.807, 2.05) is 24.3 Å². The summed E-state index contributed by atoms with van der Waals surface area (Å²) in [5, 5.41) is 0. The van der Waals surface area contributed by atoms with E-state index in [0.29, 0.717) is 13.2 Å². The number of benzene rings is 2. The van der Waals surface area contributed by atoms with Gasteiger partial charge in [-0.25, -0.2) is 0 Å². The topological polar surface area (TPSA) is 18.5 Å². The summed E-state index contributed by atoms with van der Waals surface area (Å²) in [6, 6.07) is 12.2. The third kappa shape index (κ3) is 3.40. The van der Waals surface area contributed by atoms with Gasteiger partial charge in [0.2, 0.25) is 0 Å². The quantitative estimate of drug-likeness (QED) is 0.661. The SMILES string of the molecule is C=CCOc1cccc(-c2cccc(OCC=C)c2C)c1C. The van der Waals surface area contributed by atoms with Crippen LogP contribution in [0, 0.1) is 13.8 Å². The van der Waals surface area contributed by atoms with Crippen molar-refractivity contribution < 1.29 is 9.47 Å². The first-order chi connectivity index (χ1) is 10.7. The Labute approximate surface area is 132 Å². The first-order valence-electron chi connectivity index (χ1n) is 7.36. The highest BCUT2D eigenvalue weighted by molar-refractivity contribution is 5.74. The normalized spacial score (nSPS) is 10.1. The monoisotopic (exact) mass is 294 g/mol. The average Bonchev–Trinajstić information content (AvgIpc) is 2.53. The predicted octanol–water partition coefficient (Wildman–Crippen LogP) is 5.10. The van der Waals surface area contributed by atoms with Crippen molar-refractivity contribution in [3.05, 3.63) is 72.8 Å². The first-order valence-corrected chi connectivity index (χ1v) is 7.36. The summed E-state index contributed by atoms with van der Waals surface area (Å²) < 4.78 is 11.4. The predicted molar refractivity (Wildman–Crippen MR) is 92.7 cm³/mol. The second-order valence-electron chi connectivity index (χ2n) is 5.06. The highest BCUT2D eigenvalue weighted by atomic mass is 16.5. The fraction of sp³-hybridized carbons (Fsp3) is 0.200. The van der Waals surface area contributed by atoms with Crippen LogP contribution in [0.4, 0.5) is 0 Å². The summed E-state index contributed by atoms with van der Waals surface area (Å²) >= 11 is 0. The van der Waals surface area contributed by atoms with Gasteiger partial charge in [0.05, 0.1) is 0 Å². The van der Waals surface area contributed by atoms with E-state index in [9.17, 15) is 0 Å². The van der Waals surface area contributed by atoms with Crippen molar-refractivity contribution >= 4 is 0 Å². The second-order valence-corrected chi connectivity index (χ2v) is 5.06. The van der Waals surface area contributed by atoms with Crippen molar-refractivity contribution in [3.63, 3.8) is 0 Å². The second kappa shape index (κ2) is 7.51. The lowest BCUT2D eigenvalue weighted by Gasteiger charge is -2.16. The molecule has 0 bridgehead atoms. The number of rotatable bonds is 7. The molecule has 2 nitrogen and oxygen atoms in total. The van der Waals surface area contributed by atoms with Gasteiger partial charge in [0.1, 0.15) is 24.7 Å². The highest BCUT2D eigenvalue weighted by Gasteiger charge is 2.11. The maximum Gasteiger partial charge on any atom is 0.123 e. The van der Waals surface area contributed by atoms with Crippen LogP contribution < -0.4 is 9.47 Å². The van der Waals surface area contributed by atoms with Crippen LogP contribution in [0.25, 0.3) is 11.1 Å². The Bertz CT molecular complexity index is 612. The Hall–Kier alpha value is -2.48. The Morgan fingerprint density at radius 1 is 0.773 bits per heavy atom. The standard InChI is InChI=1S/C20H22O2/c1-5-13-21-19-11-7-9-17(15(19)3)18-10-8-12-20(16(18)4)22-14-6-2/h5-12H,1-2,13-14H2,3-4H3. The molecule has 0 radical (unpaired) electrons. The highest BCUT2D eigenvalue weighted by Crippen LogP contribution is 2.35. The van der Waals surface area contributed by atoms with Gasteiger partial charge in [0, 0.05) is 0 Å². The lowest BCUT2D eigenvalue weighted by atomic mass is 9.95. The van der Waals surface area contributed by atoms with Gasteiger partial charge in [-0.3, -0.25) is 0 Å². The average molecular weight is 294 g/mol. The molecule has 2 aromatic carbocycles. The minimum atomic E-state index is 0.506. The van der Waals surface area contributed by atoms with Gasteiger partial charge in [-0.2, -0.15) is 0 Å². The maximum absolute atomic E-state index is 5.72. The summed E-state index contributed by atoms with van der Waals surface area (Å²) in [5.74, 6) is 1.77. The molecule has 2 aromatic rings. The van der Waals surface area contributed by atoms with Gasteiger partial charge >= 0.3 is 0 Å². The third-order valence-corrected chi connectivity index (χ3v) is 3.57. The maximum atomic E-state index is 5.72. The molecule has 0 aliphatic carbocycles. The molecular formula is C20H22O2. The summed E-state index contributed by atoms with van der Waals surface area (Å²) in [6.45, 7) is 12.5. The van der Waals surface area contributed by atoms with Crippen molar-refractivity contribution in [2.24, 2.45) is 0 Å². The molecule has 0 saturated carbocycles. The van der Waals surface area contributed by atoms with Gasteiger partial charge in [-0.15, -0.1) is 0 Å². The smallest absolute Gasteiger partial charge is 0.123 e. The number of ether oxygens (including phenoxy) is 2.